The summed E-state index contributed by atoms with van der Waals surface area (Å²) >= 11 is 5.87. The molecule has 1 amide bonds. The van der Waals surface area contributed by atoms with Gasteiger partial charge in [0.1, 0.15) is 11.7 Å². The first-order valence-electron chi connectivity index (χ1n) is 7.27. The molecule has 1 aromatic heterocycles. The molecule has 0 aliphatic carbocycles. The monoisotopic (exact) mass is 330 g/mol. The highest BCUT2D eigenvalue weighted by Gasteiger charge is 2.33. The van der Waals surface area contributed by atoms with Crippen LogP contribution in [0.25, 0.3) is 11.3 Å². The van der Waals surface area contributed by atoms with Gasteiger partial charge in [0.2, 0.25) is 5.88 Å². The number of likely N-dealkylation sites (tertiary alicyclic amines) is 1. The van der Waals surface area contributed by atoms with E-state index in [0.29, 0.717) is 29.6 Å². The Hall–Kier alpha value is -2.52. The molecule has 23 heavy (non-hydrogen) atoms. The molecule has 7 heteroatoms. The Kier molecular flexibility index (Phi) is 4.22. The largest absolute Gasteiger partial charge is 0.338 e. The number of rotatable bonds is 3. The minimum absolute atomic E-state index is 0.164. The van der Waals surface area contributed by atoms with Crippen LogP contribution in [-0.2, 0) is 4.79 Å². The zero-order valence-electron chi connectivity index (χ0n) is 12.6. The molecule has 2 aromatic rings. The van der Waals surface area contributed by atoms with Crippen molar-refractivity contribution < 1.29 is 9.32 Å². The third kappa shape index (κ3) is 3.01. The van der Waals surface area contributed by atoms with Gasteiger partial charge in [-0.25, -0.2) is 0 Å². The van der Waals surface area contributed by atoms with Gasteiger partial charge in [-0.3, -0.25) is 14.6 Å². The minimum atomic E-state index is -0.422. The Morgan fingerprint density at radius 1 is 1.48 bits per heavy atom. The molecule has 1 atom stereocenters. The van der Waals surface area contributed by atoms with Gasteiger partial charge in [-0.15, -0.1) is 0 Å². The van der Waals surface area contributed by atoms with Gasteiger partial charge >= 0.3 is 0 Å². The number of likely N-dealkylation sites (N-methyl/N-ethyl adjacent to an activating group) is 1. The van der Waals surface area contributed by atoms with E-state index in [1.165, 1.54) is 9.80 Å². The highest BCUT2D eigenvalue weighted by atomic mass is 35.5. The molecule has 3 rings (SSSR count). The normalized spacial score (nSPS) is 17.1. The lowest BCUT2D eigenvalue weighted by atomic mass is 10.1. The van der Waals surface area contributed by atoms with Crippen molar-refractivity contribution in [1.82, 2.24) is 10.1 Å². The number of halogens is 1. The van der Waals surface area contributed by atoms with Gasteiger partial charge in [-0.2, -0.15) is 5.26 Å². The molecule has 118 valence electrons. The maximum atomic E-state index is 12.5. The Bertz CT molecular complexity index is 750. The van der Waals surface area contributed by atoms with Gasteiger partial charge < -0.3 is 4.52 Å². The second kappa shape index (κ2) is 6.31. The van der Waals surface area contributed by atoms with E-state index < -0.39 is 6.04 Å². The van der Waals surface area contributed by atoms with Gasteiger partial charge in [0.05, 0.1) is 0 Å². The highest BCUT2D eigenvalue weighted by molar-refractivity contribution is 6.30. The van der Waals surface area contributed by atoms with Crippen LogP contribution in [0.2, 0.25) is 5.02 Å². The quantitative estimate of drug-likeness (QED) is 0.809. The molecule has 1 aromatic carbocycles. The summed E-state index contributed by atoms with van der Waals surface area (Å²) in [4.78, 5) is 15.5. The maximum Gasteiger partial charge on any atom is 0.252 e. The average Bonchev–Trinajstić information content (AvgIpc) is 3.23. The Morgan fingerprint density at radius 2 is 2.22 bits per heavy atom. The molecule has 0 radical (unpaired) electrons. The van der Waals surface area contributed by atoms with Crippen LogP contribution in [0.15, 0.2) is 34.9 Å². The first-order chi connectivity index (χ1) is 11.1. The second-order valence-electron chi connectivity index (χ2n) is 5.41. The highest BCUT2D eigenvalue weighted by Crippen LogP contribution is 2.26. The summed E-state index contributed by atoms with van der Waals surface area (Å²) in [6, 6.07) is 8.48. The number of carbonyl (C=O) groups is 1. The molecule has 0 unspecified atom stereocenters. The van der Waals surface area contributed by atoms with E-state index in [4.69, 9.17) is 21.4 Å². The van der Waals surface area contributed by atoms with E-state index in [-0.39, 0.29) is 5.91 Å². The van der Waals surface area contributed by atoms with Gasteiger partial charge in [0, 0.05) is 30.2 Å². The van der Waals surface area contributed by atoms with Crippen LogP contribution >= 0.6 is 11.6 Å². The number of nitriles is 1. The Labute approximate surface area is 138 Å². The van der Waals surface area contributed by atoms with E-state index in [0.717, 1.165) is 12.0 Å². The third-order valence-corrected chi connectivity index (χ3v) is 4.22. The van der Waals surface area contributed by atoms with Crippen molar-refractivity contribution in [3.8, 4) is 17.5 Å². The standard InChI is InChI=1S/C16H15ClN4O2/c1-20(16(22)14-3-2-8-21(14)10-18)15-9-13(19-23-15)11-4-6-12(17)7-5-11/h4-7,9,14H,2-3,8H2,1H3/t14-/m0/s1. The van der Waals surface area contributed by atoms with E-state index >= 15 is 0 Å². The van der Waals surface area contributed by atoms with E-state index in [9.17, 15) is 4.79 Å². The number of benzene rings is 1. The fourth-order valence-electron chi connectivity index (χ4n) is 2.66. The molecular weight excluding hydrogens is 316 g/mol. The fraction of sp³-hybridized carbons (Fsp3) is 0.312. The number of carbonyl (C=O) groups excluding carboxylic acids is 1. The molecule has 1 aliphatic heterocycles. The summed E-state index contributed by atoms with van der Waals surface area (Å²) in [5.74, 6) is 0.188. The van der Waals surface area contributed by atoms with Crippen molar-refractivity contribution in [2.24, 2.45) is 0 Å². The van der Waals surface area contributed by atoms with Gasteiger partial charge in [-0.05, 0) is 25.0 Å². The molecule has 0 saturated carbocycles. The number of hydrogen-bond donors (Lipinski definition) is 0. The summed E-state index contributed by atoms with van der Waals surface area (Å²) in [6.45, 7) is 0.618. The molecular formula is C16H15ClN4O2. The molecule has 1 saturated heterocycles. The Morgan fingerprint density at radius 3 is 2.91 bits per heavy atom. The summed E-state index contributed by atoms with van der Waals surface area (Å²) < 4.78 is 5.28. The predicted molar refractivity (Wildman–Crippen MR) is 85.7 cm³/mol. The number of nitrogens with zero attached hydrogens (tertiary/aromatic N) is 4. The number of aromatic nitrogens is 1. The first-order valence-corrected chi connectivity index (χ1v) is 7.64. The molecule has 6 nitrogen and oxygen atoms in total. The first kappa shape index (κ1) is 15.4. The van der Waals surface area contributed by atoms with Crippen LogP contribution in [0.5, 0.6) is 0 Å². The van der Waals surface area contributed by atoms with Crippen LogP contribution in [-0.4, -0.2) is 35.6 Å². The predicted octanol–water partition coefficient (Wildman–Crippen LogP) is 2.90. The zero-order chi connectivity index (χ0) is 16.4. The molecule has 0 spiro atoms. The summed E-state index contributed by atoms with van der Waals surface area (Å²) in [5, 5.41) is 13.7. The van der Waals surface area contributed by atoms with Gasteiger partial charge in [0.15, 0.2) is 6.19 Å². The lowest BCUT2D eigenvalue weighted by Gasteiger charge is -2.22. The zero-order valence-corrected chi connectivity index (χ0v) is 13.3. The SMILES string of the molecule is CN(C(=O)[C@@H]1CCCN1C#N)c1cc(-c2ccc(Cl)cc2)no1. The van der Waals surface area contributed by atoms with E-state index in [2.05, 4.69) is 11.3 Å². The van der Waals surface area contributed by atoms with Crippen molar-refractivity contribution in [2.45, 2.75) is 18.9 Å². The van der Waals surface area contributed by atoms with Crippen molar-refractivity contribution in [1.29, 1.82) is 5.26 Å². The van der Waals surface area contributed by atoms with Crippen molar-refractivity contribution in [2.75, 3.05) is 18.5 Å². The lowest BCUT2D eigenvalue weighted by Crippen LogP contribution is -2.42. The van der Waals surface area contributed by atoms with Gasteiger partial charge in [0.25, 0.3) is 5.91 Å². The second-order valence-corrected chi connectivity index (χ2v) is 5.84. The fourth-order valence-corrected chi connectivity index (χ4v) is 2.78. The smallest absolute Gasteiger partial charge is 0.252 e. The van der Waals surface area contributed by atoms with Crippen LogP contribution in [0.4, 0.5) is 5.88 Å². The Balaban J connectivity index is 1.78. The molecule has 1 fully saturated rings. The molecule has 2 heterocycles. The van der Waals surface area contributed by atoms with Crippen molar-refractivity contribution in [3.63, 3.8) is 0 Å². The third-order valence-electron chi connectivity index (χ3n) is 3.97. The summed E-state index contributed by atoms with van der Waals surface area (Å²) in [5.41, 5.74) is 1.48. The van der Waals surface area contributed by atoms with Crippen molar-refractivity contribution in [3.05, 3.63) is 35.4 Å². The number of anilines is 1. The van der Waals surface area contributed by atoms with Crippen LogP contribution in [0.1, 0.15) is 12.8 Å². The number of hydrogen-bond acceptors (Lipinski definition) is 5. The van der Waals surface area contributed by atoms with Crippen LogP contribution < -0.4 is 4.90 Å². The maximum absolute atomic E-state index is 12.5. The van der Waals surface area contributed by atoms with E-state index in [1.54, 1.807) is 25.2 Å². The van der Waals surface area contributed by atoms with Crippen molar-refractivity contribution >= 4 is 23.4 Å². The van der Waals surface area contributed by atoms with Crippen LogP contribution in [0.3, 0.4) is 0 Å². The average molecular weight is 331 g/mol. The summed E-state index contributed by atoms with van der Waals surface area (Å²) in [6.07, 6.45) is 3.58. The molecule has 0 bridgehead atoms. The minimum Gasteiger partial charge on any atom is -0.338 e. The van der Waals surface area contributed by atoms with E-state index in [1.807, 2.05) is 12.1 Å². The lowest BCUT2D eigenvalue weighted by molar-refractivity contribution is -0.121. The van der Waals surface area contributed by atoms with Gasteiger partial charge in [-0.1, -0.05) is 28.9 Å². The molecule has 1 aliphatic rings. The number of amides is 1. The van der Waals surface area contributed by atoms with Crippen LogP contribution in [0, 0.1) is 11.5 Å². The topological polar surface area (TPSA) is 73.4 Å². The molecule has 0 N–H and O–H groups in total. The summed E-state index contributed by atoms with van der Waals surface area (Å²) in [7, 11) is 1.63.